The van der Waals surface area contributed by atoms with E-state index in [1.54, 1.807) is 5.57 Å². The van der Waals surface area contributed by atoms with Crippen molar-refractivity contribution >= 4 is 8.32 Å². The van der Waals surface area contributed by atoms with Gasteiger partial charge in [-0.15, -0.1) is 0 Å². The summed E-state index contributed by atoms with van der Waals surface area (Å²) in [5.74, 6) is 1.54. The molecule has 0 aromatic heterocycles. The van der Waals surface area contributed by atoms with Crippen LogP contribution in [0.1, 0.15) is 92.4 Å². The van der Waals surface area contributed by atoms with Crippen LogP contribution in [0.3, 0.4) is 0 Å². The molecule has 4 rings (SSSR count). The summed E-state index contributed by atoms with van der Waals surface area (Å²) in [4.78, 5) is 0. The van der Waals surface area contributed by atoms with Crippen molar-refractivity contribution in [1.29, 1.82) is 0 Å². The largest absolute Gasteiger partial charge is 0.414 e. The molecule has 3 heteroatoms. The summed E-state index contributed by atoms with van der Waals surface area (Å²) in [6, 6.07) is 0. The van der Waals surface area contributed by atoms with Crippen LogP contribution in [0.4, 0.5) is 0 Å². The minimum absolute atomic E-state index is 0.00748. The van der Waals surface area contributed by atoms with Crippen LogP contribution < -0.4 is 5.73 Å². The van der Waals surface area contributed by atoms with Crippen molar-refractivity contribution in [3.05, 3.63) is 11.6 Å². The quantitative estimate of drug-likeness (QED) is 0.406. The van der Waals surface area contributed by atoms with Gasteiger partial charge < -0.3 is 10.2 Å². The predicted molar refractivity (Wildman–Crippen MR) is 122 cm³/mol. The first kappa shape index (κ1) is 21.1. The van der Waals surface area contributed by atoms with E-state index in [0.717, 1.165) is 12.3 Å². The van der Waals surface area contributed by atoms with Crippen molar-refractivity contribution < 1.29 is 4.43 Å². The lowest BCUT2D eigenvalue weighted by atomic mass is 9.44. The van der Waals surface area contributed by atoms with Gasteiger partial charge in [0.05, 0.1) is 0 Å². The van der Waals surface area contributed by atoms with E-state index in [1.807, 2.05) is 0 Å². The fourth-order valence-electron chi connectivity index (χ4n) is 7.34. The Labute approximate surface area is 175 Å². The van der Waals surface area contributed by atoms with Crippen molar-refractivity contribution in [1.82, 2.24) is 0 Å². The standard InChI is InChI=1S/C25H45NOSi/c1-22(2,3)28(6,7)27-19-12-14-24(5)18(17-19)10-11-21-20-9-8-13-23(20,4)15-16-25(21,24)26/h10,19-21H,8-9,11-17,26H2,1-7H3/t19?,20-,21?,23-,24?,25+/m0/s1. The molecule has 3 saturated carbocycles. The van der Waals surface area contributed by atoms with E-state index in [-0.39, 0.29) is 16.0 Å². The van der Waals surface area contributed by atoms with Gasteiger partial charge in [0.1, 0.15) is 0 Å². The van der Waals surface area contributed by atoms with E-state index in [0.29, 0.717) is 17.4 Å². The monoisotopic (exact) mass is 403 g/mol. The van der Waals surface area contributed by atoms with Crippen molar-refractivity contribution in [2.24, 2.45) is 28.4 Å². The molecular formula is C25H45NOSi. The molecule has 2 N–H and O–H groups in total. The summed E-state index contributed by atoms with van der Waals surface area (Å²) in [7, 11) is -1.71. The normalized spacial score (nSPS) is 46.4. The molecule has 0 saturated heterocycles. The average Bonchev–Trinajstić information content (AvgIpc) is 2.97. The fraction of sp³-hybridized carbons (Fsp3) is 0.920. The second-order valence-corrected chi connectivity index (χ2v) is 17.6. The van der Waals surface area contributed by atoms with Crippen LogP contribution in [0.5, 0.6) is 0 Å². The number of hydrogen-bond donors (Lipinski definition) is 1. The first-order chi connectivity index (χ1) is 12.8. The Morgan fingerprint density at radius 1 is 1.04 bits per heavy atom. The number of nitrogens with two attached hydrogens (primary N) is 1. The molecule has 28 heavy (non-hydrogen) atoms. The number of allylic oxidation sites excluding steroid dienone is 1. The predicted octanol–water partition coefficient (Wildman–Crippen LogP) is 6.81. The zero-order valence-corrected chi connectivity index (χ0v) is 20.7. The average molecular weight is 404 g/mol. The number of rotatable bonds is 2. The summed E-state index contributed by atoms with van der Waals surface area (Å²) in [5.41, 5.74) is 9.84. The van der Waals surface area contributed by atoms with Gasteiger partial charge in [0.15, 0.2) is 8.32 Å². The SMILES string of the molecule is CC12CCC(O[Si](C)(C)C(C)(C)C)CC1=CCC1[C@@H]3CCC[C@@]3(C)CC[C@@]12N. The van der Waals surface area contributed by atoms with Gasteiger partial charge >= 0.3 is 0 Å². The highest BCUT2D eigenvalue weighted by Crippen LogP contribution is 2.65. The molecule has 3 fully saturated rings. The lowest BCUT2D eigenvalue weighted by molar-refractivity contribution is -0.0561. The van der Waals surface area contributed by atoms with E-state index in [1.165, 1.54) is 51.4 Å². The highest BCUT2D eigenvalue weighted by molar-refractivity contribution is 6.74. The van der Waals surface area contributed by atoms with Gasteiger partial charge in [-0.2, -0.15) is 0 Å². The maximum atomic E-state index is 7.44. The minimum atomic E-state index is -1.71. The molecule has 160 valence electrons. The molecule has 0 aliphatic heterocycles. The molecule has 3 unspecified atom stereocenters. The molecule has 4 aliphatic carbocycles. The topological polar surface area (TPSA) is 35.2 Å². The van der Waals surface area contributed by atoms with E-state index in [9.17, 15) is 0 Å². The Kier molecular flexibility index (Phi) is 4.86. The van der Waals surface area contributed by atoms with Gasteiger partial charge in [-0.25, -0.2) is 0 Å². The third kappa shape index (κ3) is 2.93. The maximum absolute atomic E-state index is 7.44. The maximum Gasteiger partial charge on any atom is 0.192 e. The third-order valence-corrected chi connectivity index (χ3v) is 15.0. The van der Waals surface area contributed by atoms with Crippen LogP contribution in [0.2, 0.25) is 18.1 Å². The van der Waals surface area contributed by atoms with Gasteiger partial charge in [-0.05, 0) is 86.7 Å². The Morgan fingerprint density at radius 3 is 2.43 bits per heavy atom. The molecule has 0 radical (unpaired) electrons. The molecule has 0 bridgehead atoms. The van der Waals surface area contributed by atoms with E-state index in [2.05, 4.69) is 53.8 Å². The first-order valence-electron chi connectivity index (χ1n) is 12.0. The molecule has 0 amide bonds. The minimum Gasteiger partial charge on any atom is -0.414 e. The zero-order chi connectivity index (χ0) is 20.6. The molecule has 6 atom stereocenters. The fourth-order valence-corrected chi connectivity index (χ4v) is 8.73. The van der Waals surface area contributed by atoms with Gasteiger partial charge in [0.2, 0.25) is 0 Å². The summed E-state index contributed by atoms with van der Waals surface area (Å²) in [6.45, 7) is 16.9. The van der Waals surface area contributed by atoms with Crippen LogP contribution in [-0.4, -0.2) is 20.0 Å². The molecule has 0 aromatic carbocycles. The van der Waals surface area contributed by atoms with Gasteiger partial charge in [0, 0.05) is 17.1 Å². The number of fused-ring (bicyclic) bond motifs is 5. The molecule has 0 aromatic rings. The molecule has 0 spiro atoms. The molecule has 2 nitrogen and oxygen atoms in total. The molecule has 0 heterocycles. The van der Waals surface area contributed by atoms with Gasteiger partial charge in [0.25, 0.3) is 0 Å². The van der Waals surface area contributed by atoms with E-state index < -0.39 is 8.32 Å². The Morgan fingerprint density at radius 2 is 1.75 bits per heavy atom. The molecular weight excluding hydrogens is 358 g/mol. The second kappa shape index (κ2) is 6.44. The smallest absolute Gasteiger partial charge is 0.192 e. The van der Waals surface area contributed by atoms with Crippen molar-refractivity contribution in [2.45, 2.75) is 122 Å². The zero-order valence-electron chi connectivity index (χ0n) is 19.7. The van der Waals surface area contributed by atoms with Crippen LogP contribution in [-0.2, 0) is 4.43 Å². The summed E-state index contributed by atoms with van der Waals surface area (Å²) in [5, 5.41) is 0.283. The summed E-state index contributed by atoms with van der Waals surface area (Å²) < 4.78 is 6.85. The molecule has 4 aliphatic rings. The van der Waals surface area contributed by atoms with Crippen LogP contribution in [0.15, 0.2) is 11.6 Å². The summed E-state index contributed by atoms with van der Waals surface area (Å²) in [6.07, 6.45) is 14.6. The van der Waals surface area contributed by atoms with Gasteiger partial charge in [-0.3, -0.25) is 0 Å². The van der Waals surface area contributed by atoms with Crippen LogP contribution in [0, 0.1) is 22.7 Å². The highest BCUT2D eigenvalue weighted by atomic mass is 28.4. The van der Waals surface area contributed by atoms with Crippen LogP contribution >= 0.6 is 0 Å². The number of hydrogen-bond acceptors (Lipinski definition) is 2. The second-order valence-electron chi connectivity index (χ2n) is 12.8. The van der Waals surface area contributed by atoms with E-state index >= 15 is 0 Å². The Hall–Kier alpha value is -0.123. The lowest BCUT2D eigenvalue weighted by Gasteiger charge is -2.63. The van der Waals surface area contributed by atoms with Crippen molar-refractivity contribution in [3.8, 4) is 0 Å². The third-order valence-electron chi connectivity index (χ3n) is 10.5. The van der Waals surface area contributed by atoms with Crippen molar-refractivity contribution in [3.63, 3.8) is 0 Å². The van der Waals surface area contributed by atoms with Gasteiger partial charge in [-0.1, -0.05) is 52.7 Å². The Bertz CT molecular complexity index is 664. The highest BCUT2D eigenvalue weighted by Gasteiger charge is 2.62. The van der Waals surface area contributed by atoms with Crippen molar-refractivity contribution in [2.75, 3.05) is 0 Å². The first-order valence-corrected chi connectivity index (χ1v) is 14.9. The van der Waals surface area contributed by atoms with Crippen LogP contribution in [0.25, 0.3) is 0 Å². The summed E-state index contributed by atoms with van der Waals surface area (Å²) >= 11 is 0. The Balaban J connectivity index is 1.57. The van der Waals surface area contributed by atoms with E-state index in [4.69, 9.17) is 10.2 Å². The lowest BCUT2D eigenvalue weighted by Crippen LogP contribution is -2.67.